The normalized spacial score (nSPS) is 15.9. The molecule has 0 aromatic carbocycles. The molecular weight excluding hydrogens is 134 g/mol. The molecule has 2 atom stereocenters. The SMILES string of the molecule is CC(=O)[C@@H](C)[C@@H]([NH3+])C(=O)O. The molecule has 4 nitrogen and oxygen atoms in total. The van der Waals surface area contributed by atoms with Crippen LogP contribution in [0.5, 0.6) is 0 Å². The van der Waals surface area contributed by atoms with Crippen molar-refractivity contribution in [1.82, 2.24) is 0 Å². The van der Waals surface area contributed by atoms with E-state index in [1.165, 1.54) is 6.92 Å². The van der Waals surface area contributed by atoms with E-state index in [1.807, 2.05) is 0 Å². The van der Waals surface area contributed by atoms with Crippen LogP contribution in [0.25, 0.3) is 0 Å². The fourth-order valence-electron chi connectivity index (χ4n) is 0.497. The van der Waals surface area contributed by atoms with E-state index in [0.29, 0.717) is 0 Å². The van der Waals surface area contributed by atoms with Crippen LogP contribution in [0.1, 0.15) is 13.8 Å². The summed E-state index contributed by atoms with van der Waals surface area (Å²) in [5.74, 6) is -1.65. The van der Waals surface area contributed by atoms with Gasteiger partial charge in [0.25, 0.3) is 0 Å². The molecule has 0 spiro atoms. The number of carboxylic acid groups (broad SMARTS) is 1. The van der Waals surface area contributed by atoms with Gasteiger partial charge in [-0.1, -0.05) is 0 Å². The van der Waals surface area contributed by atoms with Gasteiger partial charge in [-0.05, 0) is 13.8 Å². The Kier molecular flexibility index (Phi) is 3.02. The van der Waals surface area contributed by atoms with Crippen LogP contribution in [0.3, 0.4) is 0 Å². The lowest BCUT2D eigenvalue weighted by molar-refractivity contribution is -0.415. The maximum absolute atomic E-state index is 10.6. The van der Waals surface area contributed by atoms with Crippen LogP contribution in [-0.2, 0) is 9.59 Å². The van der Waals surface area contributed by atoms with E-state index in [0.717, 1.165) is 0 Å². The molecule has 0 heterocycles. The van der Waals surface area contributed by atoms with Gasteiger partial charge in [0.15, 0.2) is 6.04 Å². The zero-order chi connectivity index (χ0) is 8.31. The zero-order valence-corrected chi connectivity index (χ0v) is 6.13. The standard InChI is InChI=1S/C6H11NO3/c1-3(4(2)8)5(7)6(9)10/h3,5H,7H2,1-2H3,(H,9,10)/p+1/t3-,5-/m1/s1. The van der Waals surface area contributed by atoms with Crippen molar-refractivity contribution in [3.63, 3.8) is 0 Å². The fraction of sp³-hybridized carbons (Fsp3) is 0.667. The largest absolute Gasteiger partial charge is 0.477 e. The van der Waals surface area contributed by atoms with Crippen molar-refractivity contribution in [2.45, 2.75) is 19.9 Å². The van der Waals surface area contributed by atoms with Crippen molar-refractivity contribution in [3.8, 4) is 0 Å². The molecule has 0 saturated heterocycles. The molecule has 0 rings (SSSR count). The van der Waals surface area contributed by atoms with Crippen LogP contribution >= 0.6 is 0 Å². The molecule has 0 amide bonds. The van der Waals surface area contributed by atoms with Crippen molar-refractivity contribution in [2.24, 2.45) is 5.92 Å². The lowest BCUT2D eigenvalue weighted by Gasteiger charge is -2.07. The maximum Gasteiger partial charge on any atom is 0.363 e. The minimum atomic E-state index is -1.03. The highest BCUT2D eigenvalue weighted by Crippen LogP contribution is 1.99. The van der Waals surface area contributed by atoms with E-state index in [9.17, 15) is 9.59 Å². The summed E-state index contributed by atoms with van der Waals surface area (Å²) < 4.78 is 0. The highest BCUT2D eigenvalue weighted by Gasteiger charge is 2.26. The lowest BCUT2D eigenvalue weighted by Crippen LogP contribution is -2.68. The second-order valence-corrected chi connectivity index (χ2v) is 2.34. The van der Waals surface area contributed by atoms with Crippen LogP contribution in [0.15, 0.2) is 0 Å². The summed E-state index contributed by atoms with van der Waals surface area (Å²) >= 11 is 0. The molecule has 4 heteroatoms. The summed E-state index contributed by atoms with van der Waals surface area (Å²) in [6, 6.07) is -0.822. The summed E-state index contributed by atoms with van der Waals surface area (Å²) in [4.78, 5) is 20.8. The predicted molar refractivity (Wildman–Crippen MR) is 34.2 cm³/mol. The summed E-state index contributed by atoms with van der Waals surface area (Å²) in [5.41, 5.74) is 3.34. The van der Waals surface area contributed by atoms with Crippen LogP contribution in [0.4, 0.5) is 0 Å². The Morgan fingerprint density at radius 1 is 1.50 bits per heavy atom. The van der Waals surface area contributed by atoms with Crippen LogP contribution in [-0.4, -0.2) is 22.9 Å². The van der Waals surface area contributed by atoms with Crippen molar-refractivity contribution in [1.29, 1.82) is 0 Å². The average molecular weight is 146 g/mol. The van der Waals surface area contributed by atoms with Gasteiger partial charge in [-0.2, -0.15) is 0 Å². The molecule has 4 N–H and O–H groups in total. The van der Waals surface area contributed by atoms with E-state index in [1.54, 1.807) is 6.92 Å². The first-order valence-corrected chi connectivity index (χ1v) is 3.03. The first-order valence-electron chi connectivity index (χ1n) is 3.03. The number of aliphatic carboxylic acids is 1. The van der Waals surface area contributed by atoms with Crippen LogP contribution < -0.4 is 5.73 Å². The highest BCUT2D eigenvalue weighted by atomic mass is 16.4. The zero-order valence-electron chi connectivity index (χ0n) is 6.13. The maximum atomic E-state index is 10.6. The fourth-order valence-corrected chi connectivity index (χ4v) is 0.497. The molecule has 0 unspecified atom stereocenters. The Hall–Kier alpha value is -0.900. The number of Topliss-reactive ketones (excluding diaryl/α,β-unsaturated/α-hetero) is 1. The minimum absolute atomic E-state index is 0.137. The number of hydrogen-bond acceptors (Lipinski definition) is 2. The molecule has 0 radical (unpaired) electrons. The first kappa shape index (κ1) is 9.10. The smallest absolute Gasteiger partial charge is 0.363 e. The van der Waals surface area contributed by atoms with Gasteiger partial charge in [-0.3, -0.25) is 4.79 Å². The molecule has 0 bridgehead atoms. The van der Waals surface area contributed by atoms with Gasteiger partial charge in [0.05, 0.1) is 5.92 Å². The number of ketones is 1. The number of rotatable bonds is 3. The molecule has 0 aliphatic carbocycles. The monoisotopic (exact) mass is 146 g/mol. The van der Waals surface area contributed by atoms with Gasteiger partial charge in [-0.15, -0.1) is 0 Å². The summed E-state index contributed by atoms with van der Waals surface area (Å²) in [6.45, 7) is 2.93. The second kappa shape index (κ2) is 3.31. The summed E-state index contributed by atoms with van der Waals surface area (Å²) in [5, 5.41) is 8.39. The lowest BCUT2D eigenvalue weighted by atomic mass is 9.99. The molecule has 0 aromatic rings. The van der Waals surface area contributed by atoms with E-state index in [-0.39, 0.29) is 5.78 Å². The quantitative estimate of drug-likeness (QED) is 0.530. The minimum Gasteiger partial charge on any atom is -0.477 e. The average Bonchev–Trinajstić information content (AvgIpc) is 1.84. The van der Waals surface area contributed by atoms with Crippen LogP contribution in [0.2, 0.25) is 0 Å². The first-order chi connectivity index (χ1) is 4.46. The number of carbonyl (C=O) groups is 2. The van der Waals surface area contributed by atoms with Gasteiger partial charge < -0.3 is 10.8 Å². The Balaban J connectivity index is 4.07. The summed E-state index contributed by atoms with van der Waals surface area (Å²) in [6.07, 6.45) is 0. The van der Waals surface area contributed by atoms with E-state index in [2.05, 4.69) is 5.73 Å². The Morgan fingerprint density at radius 2 is 1.90 bits per heavy atom. The van der Waals surface area contributed by atoms with Crippen molar-refractivity contribution >= 4 is 11.8 Å². The Morgan fingerprint density at radius 3 is 2.00 bits per heavy atom. The highest BCUT2D eigenvalue weighted by molar-refractivity contribution is 5.85. The molecule has 10 heavy (non-hydrogen) atoms. The third-order valence-electron chi connectivity index (χ3n) is 1.56. The van der Waals surface area contributed by atoms with Gasteiger partial charge in [0, 0.05) is 0 Å². The van der Waals surface area contributed by atoms with Gasteiger partial charge in [0.1, 0.15) is 5.78 Å². The molecular formula is C6H12NO3+. The third kappa shape index (κ3) is 2.14. The molecule has 0 aromatic heterocycles. The van der Waals surface area contributed by atoms with Crippen molar-refractivity contribution < 1.29 is 20.4 Å². The molecule has 0 aliphatic rings. The van der Waals surface area contributed by atoms with E-state index >= 15 is 0 Å². The van der Waals surface area contributed by atoms with Gasteiger partial charge in [0.2, 0.25) is 0 Å². The number of carbonyl (C=O) groups excluding carboxylic acids is 1. The molecule has 0 fully saturated rings. The predicted octanol–water partition coefficient (Wildman–Crippen LogP) is -1.09. The number of carboxylic acids is 1. The molecule has 58 valence electrons. The van der Waals surface area contributed by atoms with Crippen molar-refractivity contribution in [3.05, 3.63) is 0 Å². The number of quaternary nitrogens is 1. The number of hydrogen-bond donors (Lipinski definition) is 2. The van der Waals surface area contributed by atoms with Crippen LogP contribution in [0, 0.1) is 5.92 Å². The summed E-state index contributed by atoms with van der Waals surface area (Å²) in [7, 11) is 0. The second-order valence-electron chi connectivity index (χ2n) is 2.34. The molecule has 0 saturated carbocycles. The Labute approximate surface area is 59.0 Å². The van der Waals surface area contributed by atoms with E-state index in [4.69, 9.17) is 5.11 Å². The third-order valence-corrected chi connectivity index (χ3v) is 1.56. The van der Waals surface area contributed by atoms with Crippen molar-refractivity contribution in [2.75, 3.05) is 0 Å². The van der Waals surface area contributed by atoms with E-state index < -0.39 is 17.9 Å². The molecule has 0 aliphatic heterocycles. The topological polar surface area (TPSA) is 82.0 Å². The van der Waals surface area contributed by atoms with Gasteiger partial charge in [-0.25, -0.2) is 4.79 Å². The van der Waals surface area contributed by atoms with Gasteiger partial charge >= 0.3 is 5.97 Å². The Bertz CT molecular complexity index is 137.